The van der Waals surface area contributed by atoms with Crippen molar-refractivity contribution in [2.24, 2.45) is 4.99 Å². The van der Waals surface area contributed by atoms with Gasteiger partial charge in [0.25, 0.3) is 5.91 Å². The number of carbonyl (C=O) groups is 1. The number of guanidine groups is 1. The third-order valence-electron chi connectivity index (χ3n) is 4.09. The largest absolute Gasteiger partial charge is 0.352 e. The van der Waals surface area contributed by atoms with E-state index in [4.69, 9.17) is 11.6 Å². The van der Waals surface area contributed by atoms with Crippen molar-refractivity contribution in [3.8, 4) is 0 Å². The van der Waals surface area contributed by atoms with Gasteiger partial charge < -0.3 is 16.0 Å². The maximum Gasteiger partial charge on any atom is 0.251 e. The molecule has 0 unspecified atom stereocenters. The third-order valence-corrected chi connectivity index (χ3v) is 4.34. The van der Waals surface area contributed by atoms with Crippen molar-refractivity contribution in [2.75, 3.05) is 13.6 Å². The van der Waals surface area contributed by atoms with E-state index in [1.807, 2.05) is 48.5 Å². The number of benzene rings is 2. The summed E-state index contributed by atoms with van der Waals surface area (Å²) in [6.45, 7) is 4.10. The van der Waals surface area contributed by atoms with Crippen LogP contribution in [0.15, 0.2) is 53.5 Å². The van der Waals surface area contributed by atoms with Crippen LogP contribution in [0.25, 0.3) is 0 Å². The Morgan fingerprint density at radius 3 is 1.96 bits per heavy atom. The van der Waals surface area contributed by atoms with E-state index in [9.17, 15) is 4.79 Å². The molecular formula is C21H28ClIN4O. The van der Waals surface area contributed by atoms with Gasteiger partial charge in [-0.3, -0.25) is 9.79 Å². The zero-order valence-electron chi connectivity index (χ0n) is 16.3. The van der Waals surface area contributed by atoms with Gasteiger partial charge >= 0.3 is 0 Å². The van der Waals surface area contributed by atoms with Crippen LogP contribution in [0.4, 0.5) is 0 Å². The Labute approximate surface area is 189 Å². The van der Waals surface area contributed by atoms with E-state index in [0.717, 1.165) is 29.0 Å². The van der Waals surface area contributed by atoms with Gasteiger partial charge in [0.1, 0.15) is 0 Å². The number of carbonyl (C=O) groups excluding carboxylic acids is 1. The summed E-state index contributed by atoms with van der Waals surface area (Å²) in [6, 6.07) is 15.3. The van der Waals surface area contributed by atoms with Gasteiger partial charge in [-0.15, -0.1) is 24.0 Å². The van der Waals surface area contributed by atoms with Gasteiger partial charge in [0, 0.05) is 37.3 Å². The summed E-state index contributed by atoms with van der Waals surface area (Å²) in [5.41, 5.74) is 2.88. The fraction of sp³-hybridized carbons (Fsp3) is 0.333. The Balaban J connectivity index is 0.00000392. The minimum absolute atomic E-state index is 0. The second kappa shape index (κ2) is 13.4. The highest BCUT2D eigenvalue weighted by molar-refractivity contribution is 14.0. The first kappa shape index (κ1) is 24.2. The summed E-state index contributed by atoms with van der Waals surface area (Å²) in [4.78, 5) is 16.2. The molecule has 0 aliphatic heterocycles. The number of nitrogens with zero attached hydrogens (tertiary/aromatic N) is 1. The molecule has 1 amide bonds. The molecule has 2 rings (SSSR count). The zero-order valence-corrected chi connectivity index (χ0v) is 19.4. The van der Waals surface area contributed by atoms with Gasteiger partial charge in [0.05, 0.1) is 0 Å². The molecule has 0 bridgehead atoms. The van der Waals surface area contributed by atoms with Crippen LogP contribution in [0.1, 0.15) is 41.3 Å². The number of rotatable bonds is 8. The Hall–Kier alpha value is -1.80. The topological polar surface area (TPSA) is 65.5 Å². The Bertz CT molecular complexity index is 748. The van der Waals surface area contributed by atoms with Gasteiger partial charge in [-0.25, -0.2) is 0 Å². The number of nitrogens with one attached hydrogen (secondary N) is 3. The van der Waals surface area contributed by atoms with Crippen molar-refractivity contribution >= 4 is 47.4 Å². The van der Waals surface area contributed by atoms with Crippen LogP contribution in [0.5, 0.6) is 0 Å². The molecule has 0 aromatic heterocycles. The maximum absolute atomic E-state index is 12.0. The third kappa shape index (κ3) is 8.48. The van der Waals surface area contributed by atoms with Crippen LogP contribution in [0, 0.1) is 0 Å². The van der Waals surface area contributed by atoms with Crippen LogP contribution >= 0.6 is 35.6 Å². The number of aliphatic imine (C=N–C) groups is 1. The van der Waals surface area contributed by atoms with Gasteiger partial charge in [0.15, 0.2) is 5.96 Å². The average molecular weight is 515 g/mol. The van der Waals surface area contributed by atoms with Crippen molar-refractivity contribution in [3.63, 3.8) is 0 Å². The second-order valence-electron chi connectivity index (χ2n) is 6.21. The smallest absolute Gasteiger partial charge is 0.251 e. The molecule has 0 fully saturated rings. The number of halogens is 2. The lowest BCUT2D eigenvalue weighted by Crippen LogP contribution is -2.36. The fourth-order valence-electron chi connectivity index (χ4n) is 2.45. The molecule has 0 spiro atoms. The molecule has 2 aromatic carbocycles. The van der Waals surface area contributed by atoms with E-state index in [1.165, 1.54) is 0 Å². The van der Waals surface area contributed by atoms with Crippen molar-refractivity contribution < 1.29 is 4.79 Å². The van der Waals surface area contributed by atoms with Crippen molar-refractivity contribution in [1.82, 2.24) is 16.0 Å². The fourth-order valence-corrected chi connectivity index (χ4v) is 2.58. The number of unbranched alkanes of at least 4 members (excludes halogenated alkanes) is 1. The zero-order chi connectivity index (χ0) is 19.5. The first-order valence-electron chi connectivity index (χ1n) is 9.18. The summed E-state index contributed by atoms with van der Waals surface area (Å²) in [7, 11) is 1.74. The molecule has 0 saturated heterocycles. The predicted octanol–water partition coefficient (Wildman–Crippen LogP) is 4.35. The van der Waals surface area contributed by atoms with E-state index in [1.54, 1.807) is 7.05 Å². The first-order chi connectivity index (χ1) is 13.1. The maximum atomic E-state index is 12.0. The molecule has 7 heteroatoms. The minimum atomic E-state index is -0.0246. The minimum Gasteiger partial charge on any atom is -0.352 e. The van der Waals surface area contributed by atoms with E-state index >= 15 is 0 Å². The lowest BCUT2D eigenvalue weighted by atomic mass is 10.1. The monoisotopic (exact) mass is 514 g/mol. The van der Waals surface area contributed by atoms with Gasteiger partial charge in [0.2, 0.25) is 0 Å². The Morgan fingerprint density at radius 2 is 1.46 bits per heavy atom. The molecule has 0 aliphatic rings. The van der Waals surface area contributed by atoms with E-state index in [-0.39, 0.29) is 29.9 Å². The molecule has 152 valence electrons. The van der Waals surface area contributed by atoms with E-state index in [0.29, 0.717) is 31.2 Å². The van der Waals surface area contributed by atoms with Crippen LogP contribution in [-0.2, 0) is 13.1 Å². The number of hydrogen-bond acceptors (Lipinski definition) is 2. The molecule has 2 aromatic rings. The molecule has 28 heavy (non-hydrogen) atoms. The first-order valence-corrected chi connectivity index (χ1v) is 9.56. The number of amides is 1. The summed E-state index contributed by atoms with van der Waals surface area (Å²) < 4.78 is 0. The molecular weight excluding hydrogens is 487 g/mol. The molecule has 0 atom stereocenters. The molecule has 0 saturated carbocycles. The quantitative estimate of drug-likeness (QED) is 0.212. The highest BCUT2D eigenvalue weighted by Crippen LogP contribution is 2.09. The van der Waals surface area contributed by atoms with Crippen LogP contribution in [0.3, 0.4) is 0 Å². The summed E-state index contributed by atoms with van der Waals surface area (Å²) in [5.74, 6) is 0.690. The predicted molar refractivity (Wildman–Crippen MR) is 128 cm³/mol. The number of hydrogen-bond donors (Lipinski definition) is 3. The van der Waals surface area contributed by atoms with Gasteiger partial charge in [-0.1, -0.05) is 49.2 Å². The molecule has 0 aliphatic carbocycles. The molecule has 0 heterocycles. The highest BCUT2D eigenvalue weighted by Gasteiger charge is 2.05. The summed E-state index contributed by atoms with van der Waals surface area (Å²) in [6.07, 6.45) is 2.06. The van der Waals surface area contributed by atoms with Gasteiger partial charge in [-0.05, 0) is 41.8 Å². The van der Waals surface area contributed by atoms with Crippen LogP contribution in [0.2, 0.25) is 5.02 Å². The van der Waals surface area contributed by atoms with Crippen molar-refractivity contribution in [2.45, 2.75) is 32.9 Å². The molecule has 0 radical (unpaired) electrons. The van der Waals surface area contributed by atoms with E-state index in [2.05, 4.69) is 27.9 Å². The standard InChI is InChI=1S/C21H27ClN4O.HI/c1-3-4-13-24-20(27)18-9-5-16(6-10-18)14-25-21(23-2)26-15-17-7-11-19(22)12-8-17;/h5-12H,3-4,13-15H2,1-2H3,(H,24,27)(H2,23,25,26);1H. The van der Waals surface area contributed by atoms with Crippen molar-refractivity contribution in [1.29, 1.82) is 0 Å². The second-order valence-corrected chi connectivity index (χ2v) is 6.65. The highest BCUT2D eigenvalue weighted by atomic mass is 127. The van der Waals surface area contributed by atoms with Crippen LogP contribution in [-0.4, -0.2) is 25.5 Å². The van der Waals surface area contributed by atoms with E-state index < -0.39 is 0 Å². The van der Waals surface area contributed by atoms with Crippen molar-refractivity contribution in [3.05, 3.63) is 70.2 Å². The molecule has 5 nitrogen and oxygen atoms in total. The average Bonchev–Trinajstić information content (AvgIpc) is 2.70. The summed E-state index contributed by atoms with van der Waals surface area (Å²) in [5, 5.41) is 10.2. The van der Waals surface area contributed by atoms with Crippen LogP contribution < -0.4 is 16.0 Å². The lowest BCUT2D eigenvalue weighted by Gasteiger charge is -2.12. The summed E-state index contributed by atoms with van der Waals surface area (Å²) >= 11 is 5.90. The van der Waals surface area contributed by atoms with Gasteiger partial charge in [-0.2, -0.15) is 0 Å². The Kier molecular flexibility index (Phi) is 11.6. The Morgan fingerprint density at radius 1 is 0.929 bits per heavy atom. The SMILES string of the molecule is CCCCNC(=O)c1ccc(CNC(=NC)NCc2ccc(Cl)cc2)cc1.I. The molecule has 3 N–H and O–H groups in total. The normalized spacial score (nSPS) is 10.8. The lowest BCUT2D eigenvalue weighted by molar-refractivity contribution is 0.0953.